The van der Waals surface area contributed by atoms with E-state index in [1.165, 1.54) is 0 Å². The van der Waals surface area contributed by atoms with Crippen molar-refractivity contribution in [1.29, 1.82) is 0 Å². The minimum absolute atomic E-state index is 0.208. The third-order valence-electron chi connectivity index (χ3n) is 4.22. The highest BCUT2D eigenvalue weighted by atomic mass is 16.4. The molecular formula is C16H36NO4+. The fourth-order valence-electron chi connectivity index (χ4n) is 3.00. The normalized spacial score (nSPS) is 21.7. The van der Waals surface area contributed by atoms with Crippen LogP contribution in [0.4, 0.5) is 0 Å². The summed E-state index contributed by atoms with van der Waals surface area (Å²) < 4.78 is -0.509. The van der Waals surface area contributed by atoms with Crippen molar-refractivity contribution in [3.8, 4) is 0 Å². The average molecular weight is 306 g/mol. The second-order valence-corrected chi connectivity index (χ2v) is 7.52. The van der Waals surface area contributed by atoms with Crippen LogP contribution in [0.15, 0.2) is 0 Å². The van der Waals surface area contributed by atoms with Crippen LogP contribution in [0.2, 0.25) is 0 Å². The number of hydrogen-bond donors (Lipinski definition) is 4. The van der Waals surface area contributed by atoms with Gasteiger partial charge < -0.3 is 20.4 Å². The first-order valence-corrected chi connectivity index (χ1v) is 8.02. The van der Waals surface area contributed by atoms with Crippen LogP contribution in [0.1, 0.15) is 55.4 Å². The summed E-state index contributed by atoms with van der Waals surface area (Å²) in [6, 6.07) is 0. The Kier molecular flexibility index (Phi) is 7.81. The molecule has 0 aromatic carbocycles. The third kappa shape index (κ3) is 3.96. The Morgan fingerprint density at radius 3 is 0.667 bits per heavy atom. The molecule has 4 unspecified atom stereocenters. The first-order valence-electron chi connectivity index (χ1n) is 8.02. The molecule has 21 heavy (non-hydrogen) atoms. The molecule has 5 nitrogen and oxygen atoms in total. The first kappa shape index (κ1) is 20.8. The molecule has 128 valence electrons. The lowest BCUT2D eigenvalue weighted by Gasteiger charge is -2.54. The Labute approximate surface area is 129 Å². The van der Waals surface area contributed by atoms with Crippen molar-refractivity contribution >= 4 is 0 Å². The molecule has 0 amide bonds. The highest BCUT2D eigenvalue weighted by molar-refractivity contribution is 4.68. The number of aliphatic hydroxyl groups excluding tert-OH is 4. The van der Waals surface area contributed by atoms with Gasteiger partial charge in [-0.1, -0.05) is 55.4 Å². The fraction of sp³-hybridized carbons (Fsp3) is 1.00. The van der Waals surface area contributed by atoms with E-state index < -0.39 is 29.4 Å². The molecule has 4 N–H and O–H groups in total. The van der Waals surface area contributed by atoms with Gasteiger partial charge in [-0.2, -0.15) is 0 Å². The molecule has 0 rings (SSSR count). The standard InChI is InChI=1S/C16H36NO4/c1-9(2)13(18)17(14(19)10(3)4,15(20)11(5)6)16(21)12(7)8/h9-16,18-21H,1-8H3/q+1. The predicted octanol–water partition coefficient (Wildman–Crippen LogP) is 1.70. The van der Waals surface area contributed by atoms with E-state index in [0.29, 0.717) is 0 Å². The third-order valence-corrected chi connectivity index (χ3v) is 4.22. The number of nitrogens with zero attached hydrogens (tertiary/aromatic N) is 1. The van der Waals surface area contributed by atoms with Gasteiger partial charge in [-0.3, -0.25) is 0 Å². The Morgan fingerprint density at radius 2 is 0.571 bits per heavy atom. The molecule has 0 aliphatic heterocycles. The van der Waals surface area contributed by atoms with Crippen molar-refractivity contribution in [1.82, 2.24) is 0 Å². The Hall–Kier alpha value is -0.200. The molecule has 0 spiro atoms. The summed E-state index contributed by atoms with van der Waals surface area (Å²) in [5, 5.41) is 43.1. The van der Waals surface area contributed by atoms with Crippen LogP contribution in [0.3, 0.4) is 0 Å². The van der Waals surface area contributed by atoms with Crippen molar-refractivity contribution in [3.05, 3.63) is 0 Å². The maximum absolute atomic E-state index is 10.8. The van der Waals surface area contributed by atoms with Crippen molar-refractivity contribution in [3.63, 3.8) is 0 Å². The molecule has 5 heteroatoms. The zero-order chi connectivity index (χ0) is 17.1. The van der Waals surface area contributed by atoms with Gasteiger partial charge in [0, 0.05) is 23.7 Å². The van der Waals surface area contributed by atoms with Crippen LogP contribution < -0.4 is 0 Å². The topological polar surface area (TPSA) is 80.9 Å². The first-order chi connectivity index (χ1) is 9.42. The van der Waals surface area contributed by atoms with Crippen LogP contribution >= 0.6 is 0 Å². The largest absolute Gasteiger partial charge is 0.344 e. The minimum atomic E-state index is -1.06. The Morgan fingerprint density at radius 1 is 0.429 bits per heavy atom. The van der Waals surface area contributed by atoms with Gasteiger partial charge >= 0.3 is 0 Å². The highest BCUT2D eigenvalue weighted by Gasteiger charge is 2.56. The summed E-state index contributed by atoms with van der Waals surface area (Å²) in [4.78, 5) is 0. The van der Waals surface area contributed by atoms with E-state index in [2.05, 4.69) is 0 Å². The lowest BCUT2D eigenvalue weighted by atomic mass is 9.95. The number of hydrogen-bond acceptors (Lipinski definition) is 4. The highest BCUT2D eigenvalue weighted by Crippen LogP contribution is 2.36. The molecule has 4 atom stereocenters. The molecule has 0 aliphatic carbocycles. The van der Waals surface area contributed by atoms with Gasteiger partial charge in [0.05, 0.1) is 0 Å². The molecule has 0 aliphatic rings. The molecule has 0 radical (unpaired) electrons. The van der Waals surface area contributed by atoms with Gasteiger partial charge in [-0.05, 0) is 0 Å². The van der Waals surface area contributed by atoms with E-state index in [1.54, 1.807) is 0 Å². The second-order valence-electron chi connectivity index (χ2n) is 7.52. The van der Waals surface area contributed by atoms with Crippen LogP contribution in [0, 0.1) is 23.7 Å². The smallest absolute Gasteiger partial charge is 0.199 e. The number of aliphatic hydroxyl groups is 4. The van der Waals surface area contributed by atoms with E-state index >= 15 is 0 Å². The van der Waals surface area contributed by atoms with Crippen molar-refractivity contribution < 1.29 is 24.9 Å². The summed E-state index contributed by atoms with van der Waals surface area (Å²) in [5.74, 6) is -0.833. The molecule has 0 aromatic rings. The summed E-state index contributed by atoms with van der Waals surface area (Å²) in [7, 11) is 0. The van der Waals surface area contributed by atoms with Gasteiger partial charge in [0.25, 0.3) is 0 Å². The van der Waals surface area contributed by atoms with E-state index in [4.69, 9.17) is 0 Å². The molecule has 0 bridgehead atoms. The van der Waals surface area contributed by atoms with Crippen LogP contribution in [-0.2, 0) is 0 Å². The molecule has 0 saturated carbocycles. The maximum Gasteiger partial charge on any atom is 0.199 e. The maximum atomic E-state index is 10.8. The number of quaternary nitrogens is 1. The lowest BCUT2D eigenvalue weighted by molar-refractivity contribution is -1.09. The summed E-state index contributed by atoms with van der Waals surface area (Å²) in [6.45, 7) is 14.6. The Bertz CT molecular complexity index is 243. The molecule has 0 fully saturated rings. The van der Waals surface area contributed by atoms with Crippen LogP contribution in [0.25, 0.3) is 0 Å². The van der Waals surface area contributed by atoms with Crippen molar-refractivity contribution in [2.24, 2.45) is 23.7 Å². The van der Waals surface area contributed by atoms with Crippen LogP contribution in [-0.4, -0.2) is 49.8 Å². The average Bonchev–Trinajstić information content (AvgIpc) is 2.37. The zero-order valence-corrected chi connectivity index (χ0v) is 14.9. The summed E-state index contributed by atoms with van der Waals surface area (Å²) in [5.41, 5.74) is 0. The predicted molar refractivity (Wildman–Crippen MR) is 83.6 cm³/mol. The molecule has 0 saturated heterocycles. The molecular weight excluding hydrogens is 270 g/mol. The summed E-state index contributed by atoms with van der Waals surface area (Å²) in [6.07, 6.45) is -4.23. The minimum Gasteiger partial charge on any atom is -0.344 e. The fourth-order valence-corrected chi connectivity index (χ4v) is 3.00. The monoisotopic (exact) mass is 306 g/mol. The van der Waals surface area contributed by atoms with Gasteiger partial charge in [0.15, 0.2) is 24.9 Å². The van der Waals surface area contributed by atoms with Crippen molar-refractivity contribution in [2.45, 2.75) is 80.3 Å². The van der Waals surface area contributed by atoms with Gasteiger partial charge in [0.1, 0.15) is 0 Å². The van der Waals surface area contributed by atoms with E-state index in [0.717, 1.165) is 0 Å². The SMILES string of the molecule is CC(C)C(O)[N+](C(O)C(C)C)(C(O)C(C)C)C(O)C(C)C. The van der Waals surface area contributed by atoms with Gasteiger partial charge in [0.2, 0.25) is 0 Å². The number of rotatable bonds is 8. The van der Waals surface area contributed by atoms with E-state index in [9.17, 15) is 20.4 Å². The van der Waals surface area contributed by atoms with Gasteiger partial charge in [-0.25, -0.2) is 4.48 Å². The van der Waals surface area contributed by atoms with Crippen LogP contribution in [0.5, 0.6) is 0 Å². The zero-order valence-electron chi connectivity index (χ0n) is 14.9. The van der Waals surface area contributed by atoms with Gasteiger partial charge in [-0.15, -0.1) is 0 Å². The molecule has 0 heterocycles. The summed E-state index contributed by atoms with van der Waals surface area (Å²) >= 11 is 0. The Balaban J connectivity index is 6.20. The second kappa shape index (κ2) is 7.88. The quantitative estimate of drug-likeness (QED) is 0.406. The van der Waals surface area contributed by atoms with E-state index in [1.807, 2.05) is 55.4 Å². The van der Waals surface area contributed by atoms with E-state index in [-0.39, 0.29) is 23.7 Å². The van der Waals surface area contributed by atoms with Crippen molar-refractivity contribution in [2.75, 3.05) is 0 Å². The lowest BCUT2D eigenvalue weighted by Crippen LogP contribution is -2.75. The molecule has 0 aromatic heterocycles.